The van der Waals surface area contributed by atoms with Gasteiger partial charge in [0.15, 0.2) is 0 Å². The Morgan fingerprint density at radius 1 is 0.880 bits per heavy atom. The SMILES string of the molecule is Cc1ccc(S(=O)(=O)N2CCN([C@H](C)c3ccccc3)CC2)cc1C. The lowest BCUT2D eigenvalue weighted by Crippen LogP contribution is -2.49. The molecule has 1 heterocycles. The van der Waals surface area contributed by atoms with Gasteiger partial charge in [0.05, 0.1) is 4.90 Å². The Hall–Kier alpha value is -1.69. The van der Waals surface area contributed by atoms with Gasteiger partial charge in [0, 0.05) is 32.2 Å². The van der Waals surface area contributed by atoms with Crippen molar-refractivity contribution in [2.75, 3.05) is 26.2 Å². The zero-order valence-electron chi connectivity index (χ0n) is 15.1. The molecule has 1 atom stereocenters. The monoisotopic (exact) mass is 358 g/mol. The van der Waals surface area contributed by atoms with Gasteiger partial charge in [0.2, 0.25) is 10.0 Å². The number of piperazine rings is 1. The highest BCUT2D eigenvalue weighted by Gasteiger charge is 2.30. The average molecular weight is 359 g/mol. The van der Waals surface area contributed by atoms with Crippen molar-refractivity contribution < 1.29 is 8.42 Å². The molecule has 0 aromatic heterocycles. The first-order valence-corrected chi connectivity index (χ1v) is 10.2. The van der Waals surface area contributed by atoms with Crippen LogP contribution in [0.25, 0.3) is 0 Å². The predicted octanol–water partition coefficient (Wildman–Crippen LogP) is 3.37. The minimum absolute atomic E-state index is 0.299. The van der Waals surface area contributed by atoms with E-state index in [1.54, 1.807) is 16.4 Å². The second-order valence-corrected chi connectivity index (χ2v) is 8.71. The molecule has 0 aliphatic carbocycles. The minimum atomic E-state index is -3.41. The Bertz CT molecular complexity index is 826. The number of benzene rings is 2. The van der Waals surface area contributed by atoms with Crippen molar-refractivity contribution in [3.05, 3.63) is 65.2 Å². The van der Waals surface area contributed by atoms with Crippen LogP contribution < -0.4 is 0 Å². The molecule has 0 amide bonds. The summed E-state index contributed by atoms with van der Waals surface area (Å²) in [5, 5.41) is 0. The second kappa shape index (κ2) is 7.28. The van der Waals surface area contributed by atoms with Crippen molar-refractivity contribution >= 4 is 10.0 Å². The van der Waals surface area contributed by atoms with Crippen LogP contribution in [0.1, 0.15) is 29.7 Å². The fourth-order valence-corrected chi connectivity index (χ4v) is 4.80. The Morgan fingerprint density at radius 2 is 1.52 bits per heavy atom. The number of sulfonamides is 1. The molecule has 1 aliphatic rings. The molecule has 5 heteroatoms. The van der Waals surface area contributed by atoms with E-state index in [2.05, 4.69) is 24.0 Å². The third-order valence-corrected chi connectivity index (χ3v) is 7.11. The predicted molar refractivity (Wildman–Crippen MR) is 101 cm³/mol. The molecular weight excluding hydrogens is 332 g/mol. The highest BCUT2D eigenvalue weighted by atomic mass is 32.2. The largest absolute Gasteiger partial charge is 0.294 e. The Labute approximate surface area is 151 Å². The molecule has 1 fully saturated rings. The van der Waals surface area contributed by atoms with E-state index in [9.17, 15) is 8.42 Å². The molecule has 0 N–H and O–H groups in total. The van der Waals surface area contributed by atoms with E-state index in [1.807, 2.05) is 38.1 Å². The van der Waals surface area contributed by atoms with Gasteiger partial charge in [-0.25, -0.2) is 8.42 Å². The summed E-state index contributed by atoms with van der Waals surface area (Å²) in [6.07, 6.45) is 0. The van der Waals surface area contributed by atoms with E-state index >= 15 is 0 Å². The van der Waals surface area contributed by atoms with Crippen LogP contribution in [0.2, 0.25) is 0 Å². The summed E-state index contributed by atoms with van der Waals surface area (Å²) in [4.78, 5) is 2.75. The number of aryl methyl sites for hydroxylation is 2. The summed E-state index contributed by atoms with van der Waals surface area (Å²) in [5.74, 6) is 0. The van der Waals surface area contributed by atoms with Crippen LogP contribution in [0.3, 0.4) is 0 Å². The van der Waals surface area contributed by atoms with Crippen LogP contribution in [0.5, 0.6) is 0 Å². The summed E-state index contributed by atoms with van der Waals surface area (Å²) >= 11 is 0. The van der Waals surface area contributed by atoms with E-state index in [0.29, 0.717) is 24.0 Å². The van der Waals surface area contributed by atoms with E-state index < -0.39 is 10.0 Å². The maximum atomic E-state index is 12.9. The highest BCUT2D eigenvalue weighted by molar-refractivity contribution is 7.89. The van der Waals surface area contributed by atoms with Gasteiger partial charge < -0.3 is 0 Å². The molecule has 2 aromatic carbocycles. The first kappa shape index (κ1) is 18.1. The molecule has 0 spiro atoms. The molecule has 134 valence electrons. The number of hydrogen-bond donors (Lipinski definition) is 0. The second-order valence-electron chi connectivity index (χ2n) is 6.77. The average Bonchev–Trinajstić information content (AvgIpc) is 2.64. The van der Waals surface area contributed by atoms with Gasteiger partial charge in [-0.15, -0.1) is 0 Å². The van der Waals surface area contributed by atoms with E-state index in [4.69, 9.17) is 0 Å². The van der Waals surface area contributed by atoms with Crippen LogP contribution in [0.15, 0.2) is 53.4 Å². The first-order chi connectivity index (χ1) is 11.9. The minimum Gasteiger partial charge on any atom is -0.294 e. The molecule has 0 bridgehead atoms. The van der Waals surface area contributed by atoms with Gasteiger partial charge in [0.25, 0.3) is 0 Å². The van der Waals surface area contributed by atoms with Crippen molar-refractivity contribution in [3.8, 4) is 0 Å². The Kier molecular flexibility index (Phi) is 5.27. The van der Waals surface area contributed by atoms with Crippen LogP contribution in [0, 0.1) is 13.8 Å². The van der Waals surface area contributed by atoms with Crippen LogP contribution in [-0.2, 0) is 10.0 Å². The van der Waals surface area contributed by atoms with Gasteiger partial charge in [-0.3, -0.25) is 4.90 Å². The summed E-state index contributed by atoms with van der Waals surface area (Å²) in [6, 6.07) is 16.1. The van der Waals surface area contributed by atoms with E-state index in [-0.39, 0.29) is 0 Å². The number of hydrogen-bond acceptors (Lipinski definition) is 3. The van der Waals surface area contributed by atoms with Crippen LogP contribution in [-0.4, -0.2) is 43.8 Å². The fourth-order valence-electron chi connectivity index (χ4n) is 3.30. The van der Waals surface area contributed by atoms with Crippen molar-refractivity contribution in [2.45, 2.75) is 31.7 Å². The van der Waals surface area contributed by atoms with Crippen molar-refractivity contribution in [2.24, 2.45) is 0 Å². The molecule has 0 saturated carbocycles. The molecule has 2 aromatic rings. The third kappa shape index (κ3) is 3.78. The quantitative estimate of drug-likeness (QED) is 0.841. The lowest BCUT2D eigenvalue weighted by Gasteiger charge is -2.37. The molecule has 25 heavy (non-hydrogen) atoms. The molecule has 4 nitrogen and oxygen atoms in total. The molecular formula is C20H26N2O2S. The van der Waals surface area contributed by atoms with Crippen molar-refractivity contribution in [3.63, 3.8) is 0 Å². The molecule has 0 radical (unpaired) electrons. The van der Waals surface area contributed by atoms with Gasteiger partial charge in [-0.1, -0.05) is 36.4 Å². The summed E-state index contributed by atoms with van der Waals surface area (Å²) in [5.41, 5.74) is 3.39. The molecule has 0 unspecified atom stereocenters. The zero-order valence-corrected chi connectivity index (χ0v) is 16.0. The van der Waals surface area contributed by atoms with Gasteiger partial charge >= 0.3 is 0 Å². The Balaban J connectivity index is 1.70. The standard InChI is InChI=1S/C20H26N2O2S/c1-16-9-10-20(15-17(16)2)25(23,24)22-13-11-21(12-14-22)18(3)19-7-5-4-6-8-19/h4-10,15,18H,11-14H2,1-3H3/t18-/m1/s1. The van der Waals surface area contributed by atoms with Gasteiger partial charge in [-0.05, 0) is 49.6 Å². The van der Waals surface area contributed by atoms with Crippen LogP contribution in [0.4, 0.5) is 0 Å². The number of rotatable bonds is 4. The maximum absolute atomic E-state index is 12.9. The fraction of sp³-hybridized carbons (Fsp3) is 0.400. The Morgan fingerprint density at radius 3 is 2.12 bits per heavy atom. The topological polar surface area (TPSA) is 40.6 Å². The lowest BCUT2D eigenvalue weighted by atomic mass is 10.1. The summed E-state index contributed by atoms with van der Waals surface area (Å²) < 4.78 is 27.4. The van der Waals surface area contributed by atoms with Crippen LogP contribution >= 0.6 is 0 Å². The lowest BCUT2D eigenvalue weighted by molar-refractivity contribution is 0.146. The van der Waals surface area contributed by atoms with Gasteiger partial charge in [0.1, 0.15) is 0 Å². The van der Waals surface area contributed by atoms with E-state index in [1.165, 1.54) is 5.56 Å². The highest BCUT2D eigenvalue weighted by Crippen LogP contribution is 2.24. The number of nitrogens with zero attached hydrogens (tertiary/aromatic N) is 2. The third-order valence-electron chi connectivity index (χ3n) is 5.22. The van der Waals surface area contributed by atoms with Crippen molar-refractivity contribution in [1.29, 1.82) is 0 Å². The van der Waals surface area contributed by atoms with Gasteiger partial charge in [-0.2, -0.15) is 4.31 Å². The summed E-state index contributed by atoms with van der Waals surface area (Å²) in [7, 11) is -3.41. The normalized spacial score (nSPS) is 18.2. The molecule has 1 aliphatic heterocycles. The summed E-state index contributed by atoms with van der Waals surface area (Å²) in [6.45, 7) is 8.70. The molecule has 3 rings (SSSR count). The van der Waals surface area contributed by atoms with E-state index in [0.717, 1.165) is 24.2 Å². The molecule has 1 saturated heterocycles. The first-order valence-electron chi connectivity index (χ1n) is 8.76. The zero-order chi connectivity index (χ0) is 18.0. The van der Waals surface area contributed by atoms with Crippen molar-refractivity contribution in [1.82, 2.24) is 9.21 Å². The maximum Gasteiger partial charge on any atom is 0.243 e. The smallest absolute Gasteiger partial charge is 0.243 e.